The van der Waals surface area contributed by atoms with E-state index in [9.17, 15) is 4.79 Å². The number of Topliss-reactive ketones (excluding diaryl/α,β-unsaturated/α-hetero) is 1. The first kappa shape index (κ1) is 16.7. The summed E-state index contributed by atoms with van der Waals surface area (Å²) in [5.41, 5.74) is 4.41. The van der Waals surface area contributed by atoms with Crippen LogP contribution in [0.2, 0.25) is 0 Å². The lowest BCUT2D eigenvalue weighted by Crippen LogP contribution is -2.06. The molecule has 128 valence electrons. The molecule has 0 fully saturated rings. The van der Waals surface area contributed by atoms with Gasteiger partial charge in [0.25, 0.3) is 0 Å². The van der Waals surface area contributed by atoms with Crippen molar-refractivity contribution in [3.8, 4) is 0 Å². The number of hydrogen-bond acceptors (Lipinski definition) is 5. The Bertz CT molecular complexity index is 962. The SMILES string of the molecule is Cc1ccc(C)c(C(=O)CSc2ncnc3sc4c(c23)CCCC4)c1. The fourth-order valence-corrected chi connectivity index (χ4v) is 5.62. The van der Waals surface area contributed by atoms with Gasteiger partial charge in [0.2, 0.25) is 0 Å². The third-order valence-corrected chi connectivity index (χ3v) is 6.94. The van der Waals surface area contributed by atoms with Crippen molar-refractivity contribution < 1.29 is 4.79 Å². The van der Waals surface area contributed by atoms with Gasteiger partial charge in [0.1, 0.15) is 16.2 Å². The number of hydrogen-bond donors (Lipinski definition) is 0. The smallest absolute Gasteiger partial charge is 0.173 e. The molecular formula is C20H20N2OS2. The van der Waals surface area contributed by atoms with Crippen LogP contribution < -0.4 is 0 Å². The molecule has 2 aromatic heterocycles. The maximum atomic E-state index is 12.7. The third kappa shape index (κ3) is 3.23. The molecule has 0 aliphatic heterocycles. The molecule has 0 N–H and O–H groups in total. The molecule has 0 saturated carbocycles. The van der Waals surface area contributed by atoms with Crippen molar-refractivity contribution in [1.82, 2.24) is 9.97 Å². The molecule has 0 saturated heterocycles. The Kier molecular flexibility index (Phi) is 4.61. The van der Waals surface area contributed by atoms with Crippen LogP contribution in [0.5, 0.6) is 0 Å². The van der Waals surface area contributed by atoms with E-state index in [-0.39, 0.29) is 5.78 Å². The standard InChI is InChI=1S/C20H20N2OS2/c1-12-7-8-13(2)15(9-12)16(23)10-24-19-18-14-5-3-4-6-17(14)25-20(18)22-11-21-19/h7-9,11H,3-6,10H2,1-2H3. The topological polar surface area (TPSA) is 42.9 Å². The van der Waals surface area contributed by atoms with Crippen molar-refractivity contribution in [3.63, 3.8) is 0 Å². The molecule has 2 heterocycles. The summed E-state index contributed by atoms with van der Waals surface area (Å²) in [5.74, 6) is 0.586. The van der Waals surface area contributed by atoms with Crippen LogP contribution in [0.25, 0.3) is 10.2 Å². The number of aromatic nitrogens is 2. The lowest BCUT2D eigenvalue weighted by molar-refractivity contribution is 0.102. The van der Waals surface area contributed by atoms with Crippen molar-refractivity contribution in [2.24, 2.45) is 0 Å². The van der Waals surface area contributed by atoms with E-state index in [1.807, 2.05) is 32.0 Å². The zero-order chi connectivity index (χ0) is 17.4. The highest BCUT2D eigenvalue weighted by atomic mass is 32.2. The molecule has 0 bridgehead atoms. The Morgan fingerprint density at radius 2 is 2.04 bits per heavy atom. The second kappa shape index (κ2) is 6.89. The van der Waals surface area contributed by atoms with Crippen LogP contribution in [0.1, 0.15) is 44.8 Å². The van der Waals surface area contributed by atoms with Crippen molar-refractivity contribution >= 4 is 39.1 Å². The maximum Gasteiger partial charge on any atom is 0.173 e. The minimum absolute atomic E-state index is 0.169. The lowest BCUT2D eigenvalue weighted by atomic mass is 9.97. The van der Waals surface area contributed by atoms with Crippen LogP contribution in [0.15, 0.2) is 29.6 Å². The second-order valence-corrected chi connectivity index (χ2v) is 8.65. The lowest BCUT2D eigenvalue weighted by Gasteiger charge is -2.11. The predicted octanol–water partition coefficient (Wildman–Crippen LogP) is 5.16. The fourth-order valence-electron chi connectivity index (χ4n) is 3.42. The van der Waals surface area contributed by atoms with Crippen molar-refractivity contribution in [2.45, 2.75) is 44.6 Å². The van der Waals surface area contributed by atoms with Crippen LogP contribution in [-0.4, -0.2) is 21.5 Å². The first-order valence-corrected chi connectivity index (χ1v) is 10.4. The number of thioether (sulfide) groups is 1. The van der Waals surface area contributed by atoms with Crippen molar-refractivity contribution in [3.05, 3.63) is 51.7 Å². The zero-order valence-corrected chi connectivity index (χ0v) is 16.1. The second-order valence-electron chi connectivity index (χ2n) is 6.60. The number of carbonyl (C=O) groups is 1. The van der Waals surface area contributed by atoms with Crippen LogP contribution in [-0.2, 0) is 12.8 Å². The summed E-state index contributed by atoms with van der Waals surface area (Å²) in [7, 11) is 0. The highest BCUT2D eigenvalue weighted by molar-refractivity contribution is 8.00. The van der Waals surface area contributed by atoms with E-state index in [0.717, 1.165) is 39.4 Å². The van der Waals surface area contributed by atoms with E-state index in [4.69, 9.17) is 0 Å². The van der Waals surface area contributed by atoms with E-state index in [1.165, 1.54) is 28.7 Å². The first-order valence-electron chi connectivity index (χ1n) is 8.62. The number of thiophene rings is 1. The van der Waals surface area contributed by atoms with Gasteiger partial charge in [-0.25, -0.2) is 9.97 Å². The largest absolute Gasteiger partial charge is 0.293 e. The summed E-state index contributed by atoms with van der Waals surface area (Å²) >= 11 is 3.35. The first-order chi connectivity index (χ1) is 12.1. The molecule has 1 aliphatic carbocycles. The number of fused-ring (bicyclic) bond motifs is 3. The zero-order valence-electron chi connectivity index (χ0n) is 14.5. The van der Waals surface area contributed by atoms with E-state index in [0.29, 0.717) is 5.75 Å². The quantitative estimate of drug-likeness (QED) is 0.362. The average molecular weight is 369 g/mol. The molecule has 3 nitrogen and oxygen atoms in total. The minimum Gasteiger partial charge on any atom is -0.293 e. The number of ketones is 1. The highest BCUT2D eigenvalue weighted by Gasteiger charge is 2.20. The van der Waals surface area contributed by atoms with Crippen LogP contribution in [0, 0.1) is 13.8 Å². The summed E-state index contributed by atoms with van der Waals surface area (Å²) in [6.45, 7) is 4.02. The van der Waals surface area contributed by atoms with Gasteiger partial charge in [-0.1, -0.05) is 29.5 Å². The number of nitrogens with zero attached hydrogens (tertiary/aromatic N) is 2. The third-order valence-electron chi connectivity index (χ3n) is 4.75. The highest BCUT2D eigenvalue weighted by Crippen LogP contribution is 2.39. The number of benzene rings is 1. The minimum atomic E-state index is 0.169. The molecule has 0 radical (unpaired) electrons. The van der Waals surface area contributed by atoms with E-state index >= 15 is 0 Å². The van der Waals surface area contributed by atoms with E-state index in [1.54, 1.807) is 29.4 Å². The molecule has 0 atom stereocenters. The van der Waals surface area contributed by atoms with Crippen molar-refractivity contribution in [2.75, 3.05) is 5.75 Å². The van der Waals surface area contributed by atoms with Crippen LogP contribution in [0.4, 0.5) is 0 Å². The van der Waals surface area contributed by atoms with Gasteiger partial charge in [0, 0.05) is 15.8 Å². The number of aryl methyl sites for hydroxylation is 4. The maximum absolute atomic E-state index is 12.7. The Morgan fingerprint density at radius 3 is 2.92 bits per heavy atom. The summed E-state index contributed by atoms with van der Waals surface area (Å²) in [6, 6.07) is 6.05. The monoisotopic (exact) mass is 368 g/mol. The number of rotatable bonds is 4. The van der Waals surface area contributed by atoms with Gasteiger partial charge in [0.15, 0.2) is 5.78 Å². The Balaban J connectivity index is 1.62. The molecule has 3 aromatic rings. The van der Waals surface area contributed by atoms with Crippen LogP contribution in [0.3, 0.4) is 0 Å². The van der Waals surface area contributed by atoms with Crippen LogP contribution >= 0.6 is 23.1 Å². The normalized spacial score (nSPS) is 13.8. The summed E-state index contributed by atoms with van der Waals surface area (Å²) in [5, 5.41) is 2.16. The average Bonchev–Trinajstić information content (AvgIpc) is 3.01. The van der Waals surface area contributed by atoms with Gasteiger partial charge in [-0.3, -0.25) is 4.79 Å². The van der Waals surface area contributed by atoms with Crippen molar-refractivity contribution in [1.29, 1.82) is 0 Å². The van der Waals surface area contributed by atoms with Gasteiger partial charge < -0.3 is 0 Å². The van der Waals surface area contributed by atoms with Gasteiger partial charge >= 0.3 is 0 Å². The fraction of sp³-hybridized carbons (Fsp3) is 0.350. The van der Waals surface area contributed by atoms with E-state index in [2.05, 4.69) is 9.97 Å². The van der Waals surface area contributed by atoms with Gasteiger partial charge in [-0.2, -0.15) is 0 Å². The number of carbonyl (C=O) groups excluding carboxylic acids is 1. The molecule has 1 aromatic carbocycles. The summed E-state index contributed by atoms with van der Waals surface area (Å²) in [4.78, 5) is 24.2. The molecular weight excluding hydrogens is 348 g/mol. The van der Waals surface area contributed by atoms with Gasteiger partial charge in [-0.15, -0.1) is 11.3 Å². The Labute approximate surface area is 155 Å². The summed E-state index contributed by atoms with van der Waals surface area (Å²) in [6.07, 6.45) is 6.40. The molecule has 0 spiro atoms. The molecule has 0 unspecified atom stereocenters. The molecule has 0 amide bonds. The Hall–Kier alpha value is -1.72. The Morgan fingerprint density at radius 1 is 1.20 bits per heavy atom. The predicted molar refractivity (Wildman–Crippen MR) is 105 cm³/mol. The molecule has 25 heavy (non-hydrogen) atoms. The summed E-state index contributed by atoms with van der Waals surface area (Å²) < 4.78 is 0. The van der Waals surface area contributed by atoms with E-state index < -0.39 is 0 Å². The van der Waals surface area contributed by atoms with Gasteiger partial charge in [-0.05, 0) is 56.7 Å². The van der Waals surface area contributed by atoms with Gasteiger partial charge in [0.05, 0.1) is 5.75 Å². The molecule has 1 aliphatic rings. The molecule has 5 heteroatoms. The molecule has 4 rings (SSSR count).